The molecule has 75 heavy (non-hydrogen) atoms. The molecule has 0 saturated carbocycles. The number of benzene rings is 10. The molecule has 0 atom stereocenters. The van der Waals surface area contributed by atoms with Gasteiger partial charge in [-0.2, -0.15) is 0 Å². The molecule has 0 radical (unpaired) electrons. The van der Waals surface area contributed by atoms with Crippen molar-refractivity contribution in [3.63, 3.8) is 0 Å². The number of aromatic nitrogens is 7. The minimum Gasteiger partial charge on any atom is -0.416 e. The van der Waals surface area contributed by atoms with Gasteiger partial charge in [0.2, 0.25) is 11.8 Å². The van der Waals surface area contributed by atoms with Crippen LogP contribution in [0, 0.1) is 0 Å². The minimum atomic E-state index is 0.442. The highest BCUT2D eigenvalue weighted by atomic mass is 16.4. The zero-order valence-electron chi connectivity index (χ0n) is 40.2. The highest BCUT2D eigenvalue weighted by Crippen LogP contribution is 2.49. The molecule has 16 rings (SSSR count). The number of hydrogen-bond donors (Lipinski definition) is 0. The summed E-state index contributed by atoms with van der Waals surface area (Å²) in [7, 11) is 0. The molecule has 6 heterocycles. The average molecular weight is 960 g/mol. The molecule has 16 aromatic rings. The van der Waals surface area contributed by atoms with E-state index in [0.29, 0.717) is 11.8 Å². The van der Waals surface area contributed by atoms with Crippen molar-refractivity contribution in [3.05, 3.63) is 249 Å². The SMILES string of the molecule is c1ccc(-c2nnc(-c3ccc(-c4c(-n5c6ccccc6c6ccccc65)c(-n5c6ccccc6c6ccccc65)nc(-n5c6ccccc6c6ccccc65)c4-n4c5ccccc5c5ccccc54)cc3)o2)cc1. The van der Waals surface area contributed by atoms with E-state index in [9.17, 15) is 0 Å². The lowest BCUT2D eigenvalue weighted by Crippen LogP contribution is -2.16. The predicted octanol–water partition coefficient (Wildman–Crippen LogP) is 16.9. The summed E-state index contributed by atoms with van der Waals surface area (Å²) in [5.74, 6) is 2.47. The Morgan fingerprint density at radius 1 is 0.240 bits per heavy atom. The van der Waals surface area contributed by atoms with Gasteiger partial charge in [-0.25, -0.2) is 4.98 Å². The Balaban J connectivity index is 1.16. The van der Waals surface area contributed by atoms with Gasteiger partial charge in [0.1, 0.15) is 11.4 Å². The molecule has 350 valence electrons. The Hall–Kier alpha value is -10.3. The van der Waals surface area contributed by atoms with Gasteiger partial charge in [-0.3, -0.25) is 9.13 Å². The number of fused-ring (bicyclic) bond motifs is 12. The Morgan fingerprint density at radius 2 is 0.493 bits per heavy atom. The molecule has 0 saturated heterocycles. The van der Waals surface area contributed by atoms with Crippen LogP contribution in [0.15, 0.2) is 253 Å². The average Bonchev–Trinajstić information content (AvgIpc) is 4.32. The molecule has 8 nitrogen and oxygen atoms in total. The summed E-state index contributed by atoms with van der Waals surface area (Å²) in [5, 5.41) is 18.3. The minimum absolute atomic E-state index is 0.442. The standard InChI is InChI=1S/C67H41N7O/c1-2-20-43(21-3-1)66-69-70-67(75-66)44-40-38-42(39-41-44)61-62(71-53-30-12-4-22-45(53)46-23-5-13-31-54(46)71)64(73-57-34-16-8-26-49(57)50-27-9-17-35-58(50)73)68-65(74-59-36-18-10-28-51(59)52-29-11-19-37-60(52)74)63(61)72-55-32-14-6-24-47(55)48-25-7-15-33-56(48)72/h1-41H. The molecule has 0 spiro atoms. The summed E-state index contributed by atoms with van der Waals surface area (Å²) in [5.41, 5.74) is 14.0. The van der Waals surface area contributed by atoms with Gasteiger partial charge in [0.25, 0.3) is 0 Å². The highest BCUT2D eigenvalue weighted by Gasteiger charge is 2.32. The van der Waals surface area contributed by atoms with Gasteiger partial charge in [0.15, 0.2) is 11.6 Å². The van der Waals surface area contributed by atoms with Crippen molar-refractivity contribution in [1.82, 2.24) is 33.4 Å². The second-order valence-electron chi connectivity index (χ2n) is 19.2. The van der Waals surface area contributed by atoms with Crippen LogP contribution in [0.25, 0.3) is 144 Å². The van der Waals surface area contributed by atoms with E-state index in [1.165, 1.54) is 0 Å². The van der Waals surface area contributed by atoms with Crippen molar-refractivity contribution in [2.75, 3.05) is 0 Å². The van der Waals surface area contributed by atoms with E-state index in [0.717, 1.165) is 132 Å². The molecule has 0 aliphatic rings. The molecule has 0 aliphatic heterocycles. The first-order chi connectivity index (χ1) is 37.3. The second kappa shape index (κ2) is 16.1. The Morgan fingerprint density at radius 3 is 0.813 bits per heavy atom. The van der Waals surface area contributed by atoms with E-state index in [2.05, 4.69) is 247 Å². The fraction of sp³-hybridized carbons (Fsp3) is 0. The van der Waals surface area contributed by atoms with Crippen molar-refractivity contribution in [2.45, 2.75) is 0 Å². The normalized spacial score (nSPS) is 12.0. The summed E-state index contributed by atoms with van der Waals surface area (Å²) in [6.45, 7) is 0. The molecule has 0 fully saturated rings. The zero-order chi connectivity index (χ0) is 49.1. The summed E-state index contributed by atoms with van der Waals surface area (Å²) in [6.07, 6.45) is 0. The van der Waals surface area contributed by atoms with Crippen molar-refractivity contribution in [2.24, 2.45) is 0 Å². The molecule has 10 aromatic carbocycles. The summed E-state index contributed by atoms with van der Waals surface area (Å²) in [4.78, 5) is 6.33. The Bertz CT molecular complexity index is 4490. The molecule has 0 bridgehead atoms. The zero-order valence-corrected chi connectivity index (χ0v) is 40.2. The van der Waals surface area contributed by atoms with Crippen molar-refractivity contribution < 1.29 is 4.42 Å². The van der Waals surface area contributed by atoms with Gasteiger partial charge < -0.3 is 13.6 Å². The maximum absolute atomic E-state index is 6.41. The fourth-order valence-corrected chi connectivity index (χ4v) is 12.0. The Kier molecular flexibility index (Phi) is 8.87. The Labute approximate surface area is 428 Å². The molecule has 8 heteroatoms. The number of rotatable bonds is 7. The molecular formula is C67H41N7O. The molecule has 6 aromatic heterocycles. The quantitative estimate of drug-likeness (QED) is 0.160. The van der Waals surface area contributed by atoms with Crippen molar-refractivity contribution in [3.8, 4) is 57.0 Å². The van der Waals surface area contributed by atoms with Gasteiger partial charge >= 0.3 is 0 Å². The molecular weight excluding hydrogens is 919 g/mol. The van der Waals surface area contributed by atoms with Crippen LogP contribution >= 0.6 is 0 Å². The molecule has 0 N–H and O–H groups in total. The van der Waals surface area contributed by atoms with Crippen LogP contribution < -0.4 is 0 Å². The van der Waals surface area contributed by atoms with Crippen LogP contribution in [0.5, 0.6) is 0 Å². The number of hydrogen-bond acceptors (Lipinski definition) is 4. The third-order valence-electron chi connectivity index (χ3n) is 15.2. The topological polar surface area (TPSA) is 71.5 Å². The predicted molar refractivity (Wildman–Crippen MR) is 306 cm³/mol. The van der Waals surface area contributed by atoms with Gasteiger partial charge in [-0.05, 0) is 78.4 Å². The van der Waals surface area contributed by atoms with E-state index < -0.39 is 0 Å². The van der Waals surface area contributed by atoms with E-state index >= 15 is 0 Å². The van der Waals surface area contributed by atoms with Crippen molar-refractivity contribution in [1.29, 1.82) is 0 Å². The van der Waals surface area contributed by atoms with E-state index in [1.807, 2.05) is 30.3 Å². The molecule has 0 unspecified atom stereocenters. The van der Waals surface area contributed by atoms with Gasteiger partial charge in [0.05, 0.1) is 44.1 Å². The van der Waals surface area contributed by atoms with Crippen LogP contribution in [0.3, 0.4) is 0 Å². The lowest BCUT2D eigenvalue weighted by molar-refractivity contribution is 0.584. The van der Waals surface area contributed by atoms with Crippen LogP contribution in [-0.2, 0) is 0 Å². The van der Waals surface area contributed by atoms with Crippen LogP contribution in [0.4, 0.5) is 0 Å². The summed E-state index contributed by atoms with van der Waals surface area (Å²) in [6, 6.07) is 88.6. The third kappa shape index (κ3) is 6.02. The lowest BCUT2D eigenvalue weighted by Gasteiger charge is -2.27. The largest absolute Gasteiger partial charge is 0.416 e. The third-order valence-corrected chi connectivity index (χ3v) is 15.2. The van der Waals surface area contributed by atoms with Crippen LogP contribution in [0.1, 0.15) is 0 Å². The smallest absolute Gasteiger partial charge is 0.248 e. The first kappa shape index (κ1) is 41.3. The van der Waals surface area contributed by atoms with Gasteiger partial charge in [-0.15, -0.1) is 10.2 Å². The van der Waals surface area contributed by atoms with Gasteiger partial charge in [0, 0.05) is 59.8 Å². The maximum atomic E-state index is 6.41. The number of para-hydroxylation sites is 8. The van der Waals surface area contributed by atoms with E-state index in [1.54, 1.807) is 0 Å². The molecule has 0 aliphatic carbocycles. The summed E-state index contributed by atoms with van der Waals surface area (Å²) >= 11 is 0. The van der Waals surface area contributed by atoms with E-state index in [-0.39, 0.29) is 0 Å². The fourth-order valence-electron chi connectivity index (χ4n) is 12.0. The highest BCUT2D eigenvalue weighted by molar-refractivity contribution is 6.15. The number of nitrogens with zero attached hydrogens (tertiary/aromatic N) is 7. The molecule has 0 amide bonds. The summed E-state index contributed by atoms with van der Waals surface area (Å²) < 4.78 is 16.2. The monoisotopic (exact) mass is 959 g/mol. The van der Waals surface area contributed by atoms with Crippen LogP contribution in [-0.4, -0.2) is 33.4 Å². The van der Waals surface area contributed by atoms with Gasteiger partial charge in [-0.1, -0.05) is 176 Å². The maximum Gasteiger partial charge on any atom is 0.248 e. The number of pyridine rings is 1. The second-order valence-corrected chi connectivity index (χ2v) is 19.2. The lowest BCUT2D eigenvalue weighted by atomic mass is 9.99. The first-order valence-electron chi connectivity index (χ1n) is 25.3. The van der Waals surface area contributed by atoms with E-state index in [4.69, 9.17) is 9.40 Å². The van der Waals surface area contributed by atoms with Crippen LogP contribution in [0.2, 0.25) is 0 Å². The first-order valence-corrected chi connectivity index (χ1v) is 25.3. The van der Waals surface area contributed by atoms with Crippen molar-refractivity contribution >= 4 is 87.2 Å².